The lowest BCUT2D eigenvalue weighted by molar-refractivity contribution is 0.116. The average molecular weight is 229 g/mol. The lowest BCUT2D eigenvalue weighted by Crippen LogP contribution is -2.25. The van der Waals surface area contributed by atoms with Gasteiger partial charge in [0.2, 0.25) is 0 Å². The molecule has 0 saturated heterocycles. The summed E-state index contributed by atoms with van der Waals surface area (Å²) in [6.07, 6.45) is 2.31. The normalized spacial score (nSPS) is 13.0. The minimum absolute atomic E-state index is 0.241. The van der Waals surface area contributed by atoms with Gasteiger partial charge in [0.25, 0.3) is 0 Å². The van der Waals surface area contributed by atoms with Crippen molar-refractivity contribution >= 4 is 11.8 Å². The Hall–Kier alpha value is -0.450. The van der Waals surface area contributed by atoms with Crippen LogP contribution in [0.4, 0.5) is 0 Å². The van der Waals surface area contributed by atoms with Gasteiger partial charge in [-0.25, -0.2) is 0 Å². The quantitative estimate of drug-likeness (QED) is 0.778. The van der Waals surface area contributed by atoms with Crippen LogP contribution in [0.2, 0.25) is 0 Å². The number of ether oxygens (including phenoxy) is 1. The molecule has 0 amide bonds. The molecule has 3 nitrogen and oxygen atoms in total. The first-order valence-corrected chi connectivity index (χ1v) is 6.45. The molecular weight excluding hydrogens is 210 g/mol. The summed E-state index contributed by atoms with van der Waals surface area (Å²) in [5.74, 6) is 2.97. The van der Waals surface area contributed by atoms with E-state index in [0.717, 1.165) is 30.4 Å². The van der Waals surface area contributed by atoms with Crippen LogP contribution in [0.15, 0.2) is 16.5 Å². The summed E-state index contributed by atoms with van der Waals surface area (Å²) in [6.45, 7) is 3.64. The number of nitrogens with one attached hydrogen (secondary N) is 1. The van der Waals surface area contributed by atoms with Gasteiger partial charge in [-0.15, -0.1) is 0 Å². The van der Waals surface area contributed by atoms with Crippen molar-refractivity contribution < 1.29 is 9.15 Å². The first kappa shape index (κ1) is 12.6. The smallest absolute Gasteiger partial charge is 0.118 e. The van der Waals surface area contributed by atoms with E-state index in [-0.39, 0.29) is 6.10 Å². The Kier molecular flexibility index (Phi) is 5.83. The molecular formula is C11H19NO2S. The van der Waals surface area contributed by atoms with Gasteiger partial charge < -0.3 is 14.5 Å². The molecule has 1 N–H and O–H groups in total. The second-order valence-corrected chi connectivity index (χ2v) is 4.34. The molecule has 1 unspecified atom stereocenters. The fourth-order valence-electron chi connectivity index (χ4n) is 1.22. The second-order valence-electron chi connectivity index (χ2n) is 3.48. The maximum Gasteiger partial charge on any atom is 0.118 e. The van der Waals surface area contributed by atoms with E-state index in [2.05, 4.69) is 11.6 Å². The molecule has 1 rings (SSSR count). The molecule has 0 saturated carbocycles. The van der Waals surface area contributed by atoms with Crippen LogP contribution in [0.3, 0.4) is 0 Å². The van der Waals surface area contributed by atoms with Crippen LogP contribution in [0, 0.1) is 0 Å². The number of furan rings is 1. The van der Waals surface area contributed by atoms with E-state index in [9.17, 15) is 0 Å². The van der Waals surface area contributed by atoms with Crippen LogP contribution in [0.5, 0.6) is 0 Å². The third kappa shape index (κ3) is 4.73. The molecule has 1 aromatic rings. The van der Waals surface area contributed by atoms with Crippen molar-refractivity contribution in [3.05, 3.63) is 23.7 Å². The van der Waals surface area contributed by atoms with Gasteiger partial charge in [0.05, 0.1) is 18.4 Å². The van der Waals surface area contributed by atoms with E-state index in [1.165, 1.54) is 0 Å². The summed E-state index contributed by atoms with van der Waals surface area (Å²) in [5.41, 5.74) is 0. The molecule has 0 aliphatic rings. The predicted octanol–water partition coefficient (Wildman–Crippen LogP) is 2.27. The van der Waals surface area contributed by atoms with E-state index >= 15 is 0 Å². The van der Waals surface area contributed by atoms with E-state index in [1.807, 2.05) is 19.1 Å². The molecule has 0 fully saturated rings. The van der Waals surface area contributed by atoms with Crippen molar-refractivity contribution in [3.63, 3.8) is 0 Å². The van der Waals surface area contributed by atoms with Gasteiger partial charge in [-0.1, -0.05) is 0 Å². The van der Waals surface area contributed by atoms with Crippen molar-refractivity contribution in [2.24, 2.45) is 0 Å². The third-order valence-electron chi connectivity index (χ3n) is 2.14. The molecule has 0 spiro atoms. The van der Waals surface area contributed by atoms with E-state index in [0.29, 0.717) is 0 Å². The van der Waals surface area contributed by atoms with E-state index < -0.39 is 0 Å². The Labute approximate surface area is 95.6 Å². The van der Waals surface area contributed by atoms with Crippen molar-refractivity contribution in [3.8, 4) is 0 Å². The van der Waals surface area contributed by atoms with Crippen molar-refractivity contribution in [1.29, 1.82) is 0 Å². The molecule has 0 aromatic carbocycles. The van der Waals surface area contributed by atoms with Crippen LogP contribution in [-0.2, 0) is 17.0 Å². The molecule has 4 heteroatoms. The molecule has 1 aromatic heterocycles. The highest BCUT2D eigenvalue weighted by atomic mass is 32.2. The summed E-state index contributed by atoms with van der Waals surface area (Å²) in [5, 5.41) is 3.28. The Morgan fingerprint density at radius 2 is 2.20 bits per heavy atom. The van der Waals surface area contributed by atoms with Crippen LogP contribution in [-0.4, -0.2) is 26.0 Å². The zero-order valence-electron chi connectivity index (χ0n) is 9.58. The Balaban J connectivity index is 2.25. The minimum atomic E-state index is 0.241. The molecule has 0 bridgehead atoms. The lowest BCUT2D eigenvalue weighted by Gasteiger charge is -2.09. The molecule has 15 heavy (non-hydrogen) atoms. The average Bonchev–Trinajstić information content (AvgIpc) is 2.66. The number of hydrogen-bond acceptors (Lipinski definition) is 4. The van der Waals surface area contributed by atoms with Gasteiger partial charge in [-0.3, -0.25) is 0 Å². The van der Waals surface area contributed by atoms with Crippen LogP contribution in [0.25, 0.3) is 0 Å². The standard InChI is InChI=1S/C11H19NO2S/c1-9(13-2)6-12-7-10-4-5-11(14-10)8-15-3/h4-5,9,12H,6-8H2,1-3H3. The maximum absolute atomic E-state index is 5.62. The van der Waals surface area contributed by atoms with Gasteiger partial charge in [-0.2, -0.15) is 11.8 Å². The van der Waals surface area contributed by atoms with Gasteiger partial charge in [0, 0.05) is 13.7 Å². The molecule has 0 radical (unpaired) electrons. The summed E-state index contributed by atoms with van der Waals surface area (Å²) >= 11 is 1.77. The molecule has 0 aliphatic carbocycles. The topological polar surface area (TPSA) is 34.4 Å². The fourth-order valence-corrected chi connectivity index (χ4v) is 1.66. The van der Waals surface area contributed by atoms with Gasteiger partial charge in [0.1, 0.15) is 11.5 Å². The highest BCUT2D eigenvalue weighted by Crippen LogP contribution is 2.13. The Bertz CT molecular complexity index is 275. The summed E-state index contributed by atoms with van der Waals surface area (Å²) in [4.78, 5) is 0. The monoisotopic (exact) mass is 229 g/mol. The van der Waals surface area contributed by atoms with Crippen LogP contribution < -0.4 is 5.32 Å². The largest absolute Gasteiger partial charge is 0.464 e. The Morgan fingerprint density at radius 3 is 2.87 bits per heavy atom. The number of hydrogen-bond donors (Lipinski definition) is 1. The van der Waals surface area contributed by atoms with Gasteiger partial charge >= 0.3 is 0 Å². The van der Waals surface area contributed by atoms with Crippen molar-refractivity contribution in [2.75, 3.05) is 19.9 Å². The molecule has 1 heterocycles. The lowest BCUT2D eigenvalue weighted by atomic mass is 10.4. The van der Waals surface area contributed by atoms with E-state index in [1.54, 1.807) is 18.9 Å². The summed E-state index contributed by atoms with van der Waals surface area (Å²) in [7, 11) is 1.72. The van der Waals surface area contributed by atoms with Crippen molar-refractivity contribution in [1.82, 2.24) is 5.32 Å². The highest BCUT2D eigenvalue weighted by molar-refractivity contribution is 7.97. The van der Waals surface area contributed by atoms with Gasteiger partial charge in [-0.05, 0) is 25.3 Å². The predicted molar refractivity (Wildman–Crippen MR) is 64.1 cm³/mol. The SMILES string of the molecule is COC(C)CNCc1ccc(CSC)o1. The van der Waals surface area contributed by atoms with Gasteiger partial charge in [0.15, 0.2) is 0 Å². The Morgan fingerprint density at radius 1 is 1.47 bits per heavy atom. The number of methoxy groups -OCH3 is 1. The first-order valence-electron chi connectivity index (χ1n) is 5.06. The van der Waals surface area contributed by atoms with E-state index in [4.69, 9.17) is 9.15 Å². The number of rotatable bonds is 7. The molecule has 0 aliphatic heterocycles. The molecule has 1 atom stereocenters. The maximum atomic E-state index is 5.62. The highest BCUT2D eigenvalue weighted by Gasteiger charge is 2.02. The fraction of sp³-hybridized carbons (Fsp3) is 0.636. The minimum Gasteiger partial charge on any atom is -0.464 e. The van der Waals surface area contributed by atoms with Crippen LogP contribution in [0.1, 0.15) is 18.4 Å². The molecule has 86 valence electrons. The van der Waals surface area contributed by atoms with Crippen LogP contribution >= 0.6 is 11.8 Å². The number of thioether (sulfide) groups is 1. The third-order valence-corrected chi connectivity index (χ3v) is 2.71. The summed E-state index contributed by atoms with van der Waals surface area (Å²) in [6, 6.07) is 4.06. The second kappa shape index (κ2) is 6.93. The zero-order valence-corrected chi connectivity index (χ0v) is 10.4. The zero-order chi connectivity index (χ0) is 11.1. The summed E-state index contributed by atoms with van der Waals surface area (Å²) < 4.78 is 10.8. The first-order chi connectivity index (χ1) is 7.26. The van der Waals surface area contributed by atoms with Crippen molar-refractivity contribution in [2.45, 2.75) is 25.3 Å².